The summed E-state index contributed by atoms with van der Waals surface area (Å²) in [7, 11) is 0. The Balaban J connectivity index is 1.81. The molecule has 0 radical (unpaired) electrons. The summed E-state index contributed by atoms with van der Waals surface area (Å²) in [6.07, 6.45) is 0. The van der Waals surface area contributed by atoms with Crippen LogP contribution in [0, 0.1) is 0 Å². The van der Waals surface area contributed by atoms with Gasteiger partial charge in [0.25, 0.3) is 0 Å². The fraction of sp³-hybridized carbons (Fsp3) is 0.0833. The molecule has 4 N–H and O–H groups in total. The van der Waals surface area contributed by atoms with E-state index in [1.165, 1.54) is 4.57 Å². The zero-order valence-electron chi connectivity index (χ0n) is 17.7. The van der Waals surface area contributed by atoms with Crippen LogP contribution in [0.4, 0.5) is 0 Å². The van der Waals surface area contributed by atoms with Crippen LogP contribution >= 0.6 is 0 Å². The lowest BCUT2D eigenvalue weighted by atomic mass is 10.1. The molecule has 164 valence electrons. The molecule has 0 atom stereocenters. The van der Waals surface area contributed by atoms with E-state index in [0.29, 0.717) is 35.1 Å². The number of nitrogens with two attached hydrogens (primary N) is 1. The highest BCUT2D eigenvalue weighted by atomic mass is 16.5. The Morgan fingerprint density at radius 2 is 1.85 bits per heavy atom. The third-order valence-electron chi connectivity index (χ3n) is 5.32. The highest BCUT2D eigenvalue weighted by Crippen LogP contribution is 2.27. The van der Waals surface area contributed by atoms with Gasteiger partial charge in [0.1, 0.15) is 17.0 Å². The first kappa shape index (κ1) is 20.3. The van der Waals surface area contributed by atoms with E-state index in [2.05, 4.69) is 15.1 Å². The first-order valence-electron chi connectivity index (χ1n) is 10.3. The predicted octanol–water partition coefficient (Wildman–Crippen LogP) is 3.42. The van der Waals surface area contributed by atoms with Crippen molar-refractivity contribution in [2.75, 3.05) is 6.61 Å². The number of imidazole rings is 1. The van der Waals surface area contributed by atoms with Crippen LogP contribution in [0.1, 0.15) is 12.6 Å². The molecular formula is C24H20N6O3. The van der Waals surface area contributed by atoms with Crippen LogP contribution in [0.15, 0.2) is 76.7 Å². The van der Waals surface area contributed by atoms with E-state index in [0.717, 1.165) is 10.8 Å². The van der Waals surface area contributed by atoms with E-state index in [-0.39, 0.29) is 17.0 Å². The quantitative estimate of drug-likeness (QED) is 0.166. The lowest BCUT2D eigenvalue weighted by molar-refractivity contribution is 0.318. The minimum Gasteiger partial charge on any atom is -0.494 e. The molecule has 0 saturated carbocycles. The van der Waals surface area contributed by atoms with E-state index < -0.39 is 5.69 Å². The van der Waals surface area contributed by atoms with E-state index in [1.54, 1.807) is 0 Å². The van der Waals surface area contributed by atoms with Crippen molar-refractivity contribution in [3.63, 3.8) is 0 Å². The van der Waals surface area contributed by atoms with Gasteiger partial charge in [0.2, 0.25) is 0 Å². The normalized spacial score (nSPS) is 11.8. The minimum absolute atomic E-state index is 0.127. The van der Waals surface area contributed by atoms with Crippen LogP contribution in [0.5, 0.6) is 5.75 Å². The van der Waals surface area contributed by atoms with Crippen LogP contribution in [0.25, 0.3) is 39.0 Å². The van der Waals surface area contributed by atoms with Gasteiger partial charge >= 0.3 is 5.69 Å². The van der Waals surface area contributed by atoms with Crippen molar-refractivity contribution in [2.24, 2.45) is 10.9 Å². The second kappa shape index (κ2) is 8.12. The average molecular weight is 440 g/mol. The molecule has 5 aromatic rings. The maximum Gasteiger partial charge on any atom is 0.332 e. The van der Waals surface area contributed by atoms with Crippen molar-refractivity contribution >= 4 is 27.8 Å². The van der Waals surface area contributed by atoms with Crippen molar-refractivity contribution in [1.29, 1.82) is 0 Å². The van der Waals surface area contributed by atoms with Crippen molar-refractivity contribution in [3.05, 3.63) is 82.9 Å². The van der Waals surface area contributed by atoms with Crippen molar-refractivity contribution in [3.8, 4) is 22.8 Å². The molecule has 0 aliphatic carbocycles. The fourth-order valence-electron chi connectivity index (χ4n) is 3.84. The molecule has 5 rings (SSSR count). The van der Waals surface area contributed by atoms with Crippen molar-refractivity contribution in [1.82, 2.24) is 19.5 Å². The summed E-state index contributed by atoms with van der Waals surface area (Å²) in [5, 5.41) is 14.3. The van der Waals surface area contributed by atoms with Gasteiger partial charge in [0, 0.05) is 10.9 Å². The van der Waals surface area contributed by atoms with Crippen LogP contribution < -0.4 is 16.2 Å². The second-order valence-electron chi connectivity index (χ2n) is 7.30. The molecule has 3 aromatic carbocycles. The molecule has 2 aromatic heterocycles. The number of ether oxygens (including phenoxy) is 1. The Morgan fingerprint density at radius 3 is 2.61 bits per heavy atom. The molecule has 9 heteroatoms. The van der Waals surface area contributed by atoms with Crippen LogP contribution in [-0.4, -0.2) is 37.2 Å². The highest BCUT2D eigenvalue weighted by Gasteiger charge is 2.20. The molecule has 0 saturated heterocycles. The third kappa shape index (κ3) is 3.45. The Labute approximate surface area is 187 Å². The Hall–Kier alpha value is -4.66. The Bertz CT molecular complexity index is 1560. The molecule has 0 unspecified atom stereocenters. The van der Waals surface area contributed by atoms with Crippen LogP contribution in [0.3, 0.4) is 0 Å². The first-order chi connectivity index (χ1) is 16.1. The van der Waals surface area contributed by atoms with Crippen molar-refractivity contribution in [2.45, 2.75) is 6.92 Å². The summed E-state index contributed by atoms with van der Waals surface area (Å²) in [5.41, 5.74) is 7.57. The smallest absolute Gasteiger partial charge is 0.332 e. The van der Waals surface area contributed by atoms with Gasteiger partial charge in [-0.05, 0) is 42.6 Å². The van der Waals surface area contributed by atoms with Crippen LogP contribution in [-0.2, 0) is 0 Å². The predicted molar refractivity (Wildman–Crippen MR) is 126 cm³/mol. The van der Waals surface area contributed by atoms with Gasteiger partial charge in [-0.25, -0.2) is 19.3 Å². The lowest BCUT2D eigenvalue weighted by Gasteiger charge is -2.10. The number of H-pyrrole nitrogens is 1. The topological polar surface area (TPSA) is 131 Å². The van der Waals surface area contributed by atoms with Gasteiger partial charge in [-0.3, -0.25) is 0 Å². The number of oxime groups is 1. The van der Waals surface area contributed by atoms with Gasteiger partial charge in [-0.15, -0.1) is 0 Å². The number of hydrogen-bond donors (Lipinski definition) is 3. The number of aromatic amines is 1. The number of amidine groups is 1. The number of hydrogen-bond acceptors (Lipinski definition) is 6. The highest BCUT2D eigenvalue weighted by molar-refractivity contribution is 6.05. The van der Waals surface area contributed by atoms with E-state index in [1.807, 2.05) is 73.7 Å². The SMILES string of the molecule is CCOc1ccc(-c2nc(/C(N)=N\O)c3[nH]c(=O)n(-c4cccc5ccccc45)c3n2)cc1. The maximum absolute atomic E-state index is 13.1. The number of rotatable bonds is 5. The van der Waals surface area contributed by atoms with Gasteiger partial charge in [-0.1, -0.05) is 41.6 Å². The van der Waals surface area contributed by atoms with E-state index >= 15 is 0 Å². The number of nitrogens with one attached hydrogen (secondary N) is 1. The molecule has 33 heavy (non-hydrogen) atoms. The molecular weight excluding hydrogens is 420 g/mol. The summed E-state index contributed by atoms with van der Waals surface area (Å²) in [4.78, 5) is 25.0. The largest absolute Gasteiger partial charge is 0.494 e. The first-order valence-corrected chi connectivity index (χ1v) is 10.3. The Kier molecular flexibility index (Phi) is 4.98. The average Bonchev–Trinajstić information content (AvgIpc) is 3.18. The minimum atomic E-state index is -0.411. The molecule has 0 aliphatic heterocycles. The van der Waals surface area contributed by atoms with Crippen molar-refractivity contribution < 1.29 is 9.94 Å². The number of fused-ring (bicyclic) bond motifs is 2. The molecule has 0 amide bonds. The number of aromatic nitrogens is 4. The zero-order chi connectivity index (χ0) is 22.9. The monoisotopic (exact) mass is 440 g/mol. The number of nitrogens with zero attached hydrogens (tertiary/aromatic N) is 4. The summed E-state index contributed by atoms with van der Waals surface area (Å²) >= 11 is 0. The molecule has 0 aliphatic rings. The summed E-state index contributed by atoms with van der Waals surface area (Å²) in [5.74, 6) is 0.800. The Morgan fingerprint density at radius 1 is 1.09 bits per heavy atom. The fourth-order valence-corrected chi connectivity index (χ4v) is 3.84. The van der Waals surface area contributed by atoms with E-state index in [9.17, 15) is 10.0 Å². The molecule has 0 fully saturated rings. The summed E-state index contributed by atoms with van der Waals surface area (Å²) < 4.78 is 6.98. The van der Waals surface area contributed by atoms with E-state index in [4.69, 9.17) is 15.5 Å². The van der Waals surface area contributed by atoms with Crippen LogP contribution in [0.2, 0.25) is 0 Å². The molecule has 0 bridgehead atoms. The van der Waals surface area contributed by atoms with Gasteiger partial charge in [-0.2, -0.15) is 0 Å². The molecule has 9 nitrogen and oxygen atoms in total. The standard InChI is InChI=1S/C24H20N6O3/c1-2-33-16-12-10-15(11-13-16)22-26-19(21(25)29-32)20-23(28-22)30(24(31)27-20)18-9-5-7-14-6-3-4-8-17(14)18/h3-13,32H,2H2,1H3,(H2,25,29)(H,27,31). The maximum atomic E-state index is 13.1. The summed E-state index contributed by atoms with van der Waals surface area (Å²) in [6.45, 7) is 2.46. The molecule has 0 spiro atoms. The molecule has 2 heterocycles. The number of benzene rings is 3. The van der Waals surface area contributed by atoms with Gasteiger partial charge in [0.05, 0.1) is 12.3 Å². The van der Waals surface area contributed by atoms with Gasteiger partial charge in [0.15, 0.2) is 17.3 Å². The zero-order valence-corrected chi connectivity index (χ0v) is 17.7. The lowest BCUT2D eigenvalue weighted by Crippen LogP contribution is -2.17. The van der Waals surface area contributed by atoms with Gasteiger partial charge < -0.3 is 20.7 Å². The summed E-state index contributed by atoms with van der Waals surface area (Å²) in [6, 6.07) is 20.7. The third-order valence-corrected chi connectivity index (χ3v) is 5.32. The second-order valence-corrected chi connectivity index (χ2v) is 7.30.